The topological polar surface area (TPSA) is 64.6 Å². The number of carbonyl (C=O) groups excluding carboxylic acids is 1. The Morgan fingerprint density at radius 1 is 1.23 bits per heavy atom. The van der Waals surface area contributed by atoms with Gasteiger partial charge >= 0.3 is 7.60 Å². The first-order chi connectivity index (χ1) is 10.2. The number of benzene rings is 1. The fraction of sp³-hybridized carbons (Fsp3) is 0.308. The molecule has 0 fully saturated rings. The summed E-state index contributed by atoms with van der Waals surface area (Å²) in [5.74, 6) is -2.05. The molecule has 1 amide bonds. The van der Waals surface area contributed by atoms with Gasteiger partial charge in [0.25, 0.3) is 0 Å². The summed E-state index contributed by atoms with van der Waals surface area (Å²) in [7, 11) is -1.55. The van der Waals surface area contributed by atoms with Gasteiger partial charge in [-0.25, -0.2) is 0 Å². The van der Waals surface area contributed by atoms with Crippen molar-refractivity contribution in [3.8, 4) is 0 Å². The van der Waals surface area contributed by atoms with Gasteiger partial charge < -0.3 is 14.4 Å². The molecule has 0 heterocycles. The van der Waals surface area contributed by atoms with E-state index in [-0.39, 0.29) is 0 Å². The predicted molar refractivity (Wildman–Crippen MR) is 89.3 cm³/mol. The first-order valence-electron chi connectivity index (χ1n) is 6.04. The maximum Gasteiger partial charge on any atom is 0.356 e. The molecular formula is C13H15Cl3NO4P. The summed E-state index contributed by atoms with van der Waals surface area (Å²) in [6.07, 6.45) is 2.80. The van der Waals surface area contributed by atoms with Crippen LogP contribution in [-0.4, -0.2) is 29.7 Å². The van der Waals surface area contributed by atoms with E-state index in [0.29, 0.717) is 0 Å². The minimum absolute atomic E-state index is 0.602. The molecule has 122 valence electrons. The average molecular weight is 387 g/mol. The SMILES string of the molecule is COP(=O)(OC)C(NC(=O)/C=C/c1ccccc1)C(Cl)(Cl)Cl. The largest absolute Gasteiger partial charge is 0.356 e. The Kier molecular flexibility index (Phi) is 7.39. The van der Waals surface area contributed by atoms with Crippen LogP contribution < -0.4 is 5.32 Å². The van der Waals surface area contributed by atoms with Gasteiger partial charge in [0.05, 0.1) is 0 Å². The molecule has 1 unspecified atom stereocenters. The van der Waals surface area contributed by atoms with E-state index in [2.05, 4.69) is 5.32 Å². The highest BCUT2D eigenvalue weighted by Crippen LogP contribution is 2.57. The van der Waals surface area contributed by atoms with E-state index in [1.165, 1.54) is 6.08 Å². The van der Waals surface area contributed by atoms with Crippen molar-refractivity contribution in [2.45, 2.75) is 9.58 Å². The van der Waals surface area contributed by atoms with E-state index in [1.807, 2.05) is 30.3 Å². The Morgan fingerprint density at radius 3 is 2.23 bits per heavy atom. The van der Waals surface area contributed by atoms with E-state index >= 15 is 0 Å². The van der Waals surface area contributed by atoms with Crippen LogP contribution in [0.25, 0.3) is 6.08 Å². The number of rotatable bonds is 6. The van der Waals surface area contributed by atoms with Crippen LogP contribution in [0.15, 0.2) is 36.4 Å². The monoisotopic (exact) mass is 385 g/mol. The molecule has 0 bridgehead atoms. The zero-order valence-corrected chi connectivity index (χ0v) is 15.0. The number of nitrogens with one attached hydrogen (secondary N) is 1. The third kappa shape index (κ3) is 5.58. The Hall–Kier alpha value is -0.550. The summed E-state index contributed by atoms with van der Waals surface area (Å²) >= 11 is 17.3. The van der Waals surface area contributed by atoms with Crippen molar-refractivity contribution < 1.29 is 18.4 Å². The smallest absolute Gasteiger partial charge is 0.335 e. The fourth-order valence-corrected chi connectivity index (χ4v) is 4.00. The molecule has 0 saturated heterocycles. The van der Waals surface area contributed by atoms with Crippen molar-refractivity contribution in [3.05, 3.63) is 42.0 Å². The van der Waals surface area contributed by atoms with Gasteiger partial charge in [0, 0.05) is 20.3 Å². The number of halogens is 3. The second-order valence-electron chi connectivity index (χ2n) is 4.10. The molecule has 1 rings (SSSR count). The highest BCUT2D eigenvalue weighted by atomic mass is 35.6. The van der Waals surface area contributed by atoms with Gasteiger partial charge in [0.1, 0.15) is 0 Å². The zero-order chi connectivity index (χ0) is 16.8. The molecule has 0 saturated carbocycles. The predicted octanol–water partition coefficient (Wildman–Crippen LogP) is 4.00. The van der Waals surface area contributed by atoms with Crippen molar-refractivity contribution in [1.82, 2.24) is 5.32 Å². The van der Waals surface area contributed by atoms with Gasteiger partial charge in [-0.1, -0.05) is 65.1 Å². The lowest BCUT2D eigenvalue weighted by atomic mass is 10.2. The lowest BCUT2D eigenvalue weighted by Gasteiger charge is -2.29. The summed E-state index contributed by atoms with van der Waals surface area (Å²) in [6, 6.07) is 9.12. The number of carbonyl (C=O) groups is 1. The van der Waals surface area contributed by atoms with E-state index < -0.39 is 23.1 Å². The summed E-state index contributed by atoms with van der Waals surface area (Å²) in [5.41, 5.74) is 0.810. The van der Waals surface area contributed by atoms with Gasteiger partial charge in [-0.2, -0.15) is 0 Å². The van der Waals surface area contributed by atoms with Gasteiger partial charge in [-0.3, -0.25) is 9.36 Å². The first-order valence-corrected chi connectivity index (χ1v) is 8.79. The maximum absolute atomic E-state index is 12.4. The number of alkyl halides is 3. The number of hydrogen-bond acceptors (Lipinski definition) is 4. The maximum atomic E-state index is 12.4. The molecule has 1 aromatic carbocycles. The van der Waals surface area contributed by atoms with Crippen molar-refractivity contribution in [1.29, 1.82) is 0 Å². The molecule has 0 radical (unpaired) electrons. The molecule has 0 aliphatic carbocycles. The molecule has 1 N–H and O–H groups in total. The molecular weight excluding hydrogens is 371 g/mol. The molecule has 0 aliphatic rings. The Balaban J connectivity index is 2.89. The van der Waals surface area contributed by atoms with Crippen molar-refractivity contribution in [2.75, 3.05) is 14.2 Å². The van der Waals surface area contributed by atoms with Crippen molar-refractivity contribution in [2.24, 2.45) is 0 Å². The van der Waals surface area contributed by atoms with Crippen LogP contribution >= 0.6 is 42.4 Å². The van der Waals surface area contributed by atoms with E-state index in [0.717, 1.165) is 19.8 Å². The quantitative estimate of drug-likeness (QED) is 0.456. The Morgan fingerprint density at radius 2 is 1.77 bits per heavy atom. The highest BCUT2D eigenvalue weighted by Gasteiger charge is 2.48. The second kappa shape index (κ2) is 8.34. The average Bonchev–Trinajstić information content (AvgIpc) is 2.50. The van der Waals surface area contributed by atoms with E-state index in [1.54, 1.807) is 6.08 Å². The van der Waals surface area contributed by atoms with Crippen LogP contribution in [0.4, 0.5) is 0 Å². The van der Waals surface area contributed by atoms with Gasteiger partial charge in [-0.05, 0) is 11.6 Å². The van der Waals surface area contributed by atoms with Crippen LogP contribution in [-0.2, 0) is 18.4 Å². The van der Waals surface area contributed by atoms with Crippen LogP contribution in [0, 0.1) is 0 Å². The Labute approximate surface area is 144 Å². The minimum atomic E-state index is -3.82. The lowest BCUT2D eigenvalue weighted by molar-refractivity contribution is -0.116. The summed E-state index contributed by atoms with van der Waals surface area (Å²) < 4.78 is 19.9. The normalized spacial score (nSPS) is 14.0. The van der Waals surface area contributed by atoms with Gasteiger partial charge in [-0.15, -0.1) is 0 Å². The molecule has 5 nitrogen and oxygen atoms in total. The molecule has 0 aliphatic heterocycles. The number of amides is 1. The van der Waals surface area contributed by atoms with Crippen LogP contribution in [0.3, 0.4) is 0 Å². The Bertz CT molecular complexity index is 566. The highest BCUT2D eigenvalue weighted by molar-refractivity contribution is 7.55. The standard InChI is InChI=1S/C13H15Cl3NO4P/c1-20-22(19,21-2)12(13(14,15)16)17-11(18)9-8-10-6-4-3-5-7-10/h3-9,12H,1-2H3,(H,17,18)/b9-8+. The lowest BCUT2D eigenvalue weighted by Crippen LogP contribution is -2.43. The zero-order valence-electron chi connectivity index (χ0n) is 11.8. The van der Waals surface area contributed by atoms with Crippen LogP contribution in [0.2, 0.25) is 0 Å². The second-order valence-corrected chi connectivity index (χ2v) is 8.80. The van der Waals surface area contributed by atoms with Crippen molar-refractivity contribution in [3.63, 3.8) is 0 Å². The molecule has 9 heteroatoms. The van der Waals surface area contributed by atoms with E-state index in [4.69, 9.17) is 43.9 Å². The van der Waals surface area contributed by atoms with Gasteiger partial charge in [0.2, 0.25) is 9.70 Å². The van der Waals surface area contributed by atoms with E-state index in [9.17, 15) is 9.36 Å². The van der Waals surface area contributed by atoms with Crippen LogP contribution in [0.1, 0.15) is 5.56 Å². The fourth-order valence-electron chi connectivity index (χ4n) is 1.54. The molecule has 22 heavy (non-hydrogen) atoms. The van der Waals surface area contributed by atoms with Gasteiger partial charge in [0.15, 0.2) is 5.78 Å². The number of hydrogen-bond donors (Lipinski definition) is 1. The third-order valence-electron chi connectivity index (χ3n) is 2.64. The molecule has 1 atom stereocenters. The van der Waals surface area contributed by atoms with Crippen LogP contribution in [0.5, 0.6) is 0 Å². The molecule has 0 spiro atoms. The minimum Gasteiger partial charge on any atom is -0.335 e. The third-order valence-corrected chi connectivity index (χ3v) is 5.92. The molecule has 1 aromatic rings. The summed E-state index contributed by atoms with van der Waals surface area (Å²) in [5, 5.41) is 2.33. The molecule has 0 aromatic heterocycles. The summed E-state index contributed by atoms with van der Waals surface area (Å²) in [4.78, 5) is 11.9. The van der Waals surface area contributed by atoms with Crippen molar-refractivity contribution >= 4 is 54.4 Å². The first kappa shape index (κ1) is 19.5. The summed E-state index contributed by atoms with van der Waals surface area (Å²) in [6.45, 7) is 0.